The Morgan fingerprint density at radius 2 is 1.54 bits per heavy atom. The second kappa shape index (κ2) is 6.66. The quantitative estimate of drug-likeness (QED) is 0.856. The first-order valence-corrected chi connectivity index (χ1v) is 7.84. The van der Waals surface area contributed by atoms with Gasteiger partial charge in [0.2, 0.25) is 5.91 Å². The monoisotopic (exact) mass is 322 g/mol. The average Bonchev–Trinajstić information content (AvgIpc) is 2.82. The standard InChI is InChI=1S/C19H18N2O3/c1-13-6-2-3-7-14(13)10-11-20-17(22)12-21-18(23)15-8-4-5-9-16(15)19(21)24/h2-9H,10-12H2,1H3,(H,20,22). The average molecular weight is 322 g/mol. The van der Waals surface area contributed by atoms with Crippen molar-refractivity contribution in [2.75, 3.05) is 13.1 Å². The molecule has 1 N–H and O–H groups in total. The van der Waals surface area contributed by atoms with Crippen molar-refractivity contribution in [3.05, 3.63) is 70.8 Å². The van der Waals surface area contributed by atoms with E-state index >= 15 is 0 Å². The zero-order chi connectivity index (χ0) is 17.1. The molecule has 24 heavy (non-hydrogen) atoms. The molecular weight excluding hydrogens is 304 g/mol. The van der Waals surface area contributed by atoms with Gasteiger partial charge in [0.05, 0.1) is 11.1 Å². The minimum Gasteiger partial charge on any atom is -0.354 e. The molecule has 0 fully saturated rings. The maximum absolute atomic E-state index is 12.2. The third kappa shape index (κ3) is 3.06. The fourth-order valence-corrected chi connectivity index (χ4v) is 2.81. The van der Waals surface area contributed by atoms with Crippen LogP contribution < -0.4 is 5.32 Å². The van der Waals surface area contributed by atoms with Crippen LogP contribution in [0.15, 0.2) is 48.5 Å². The number of fused-ring (bicyclic) bond motifs is 1. The van der Waals surface area contributed by atoms with E-state index in [1.54, 1.807) is 24.3 Å². The third-order valence-corrected chi connectivity index (χ3v) is 4.16. The molecule has 0 saturated heterocycles. The maximum atomic E-state index is 12.2. The topological polar surface area (TPSA) is 66.5 Å². The van der Waals surface area contributed by atoms with Gasteiger partial charge >= 0.3 is 0 Å². The van der Waals surface area contributed by atoms with Crippen LogP contribution in [0.4, 0.5) is 0 Å². The fraction of sp³-hybridized carbons (Fsp3) is 0.211. The molecule has 0 aromatic heterocycles. The number of carbonyl (C=O) groups is 3. The Morgan fingerprint density at radius 3 is 2.17 bits per heavy atom. The second-order valence-corrected chi connectivity index (χ2v) is 5.77. The van der Waals surface area contributed by atoms with E-state index in [9.17, 15) is 14.4 Å². The van der Waals surface area contributed by atoms with Crippen LogP contribution in [-0.2, 0) is 11.2 Å². The lowest BCUT2D eigenvalue weighted by atomic mass is 10.1. The number of nitrogens with zero attached hydrogens (tertiary/aromatic N) is 1. The van der Waals surface area contributed by atoms with E-state index in [0.29, 0.717) is 24.1 Å². The predicted molar refractivity (Wildman–Crippen MR) is 89.7 cm³/mol. The molecule has 5 heteroatoms. The Morgan fingerprint density at radius 1 is 0.958 bits per heavy atom. The highest BCUT2D eigenvalue weighted by molar-refractivity contribution is 6.22. The lowest BCUT2D eigenvalue weighted by molar-refractivity contribution is -0.121. The van der Waals surface area contributed by atoms with Gasteiger partial charge in [-0.25, -0.2) is 0 Å². The largest absolute Gasteiger partial charge is 0.354 e. The van der Waals surface area contributed by atoms with Crippen LogP contribution in [0, 0.1) is 6.92 Å². The Hall–Kier alpha value is -2.95. The summed E-state index contributed by atoms with van der Waals surface area (Å²) in [4.78, 5) is 37.5. The molecule has 3 amide bonds. The van der Waals surface area contributed by atoms with Crippen molar-refractivity contribution < 1.29 is 14.4 Å². The number of hydrogen-bond acceptors (Lipinski definition) is 3. The van der Waals surface area contributed by atoms with E-state index in [1.807, 2.05) is 31.2 Å². The van der Waals surface area contributed by atoms with Gasteiger partial charge in [0.1, 0.15) is 6.54 Å². The minimum absolute atomic E-state index is 0.250. The van der Waals surface area contributed by atoms with Crippen molar-refractivity contribution in [1.82, 2.24) is 10.2 Å². The number of aryl methyl sites for hydroxylation is 1. The van der Waals surface area contributed by atoms with Gasteiger partial charge in [0.15, 0.2) is 0 Å². The highest BCUT2D eigenvalue weighted by Crippen LogP contribution is 2.21. The molecule has 5 nitrogen and oxygen atoms in total. The van der Waals surface area contributed by atoms with E-state index in [0.717, 1.165) is 4.90 Å². The summed E-state index contributed by atoms with van der Waals surface area (Å²) in [5.74, 6) is -1.16. The van der Waals surface area contributed by atoms with Gasteiger partial charge in [-0.05, 0) is 36.6 Å². The first kappa shape index (κ1) is 15.9. The number of nitrogens with one attached hydrogen (secondary N) is 1. The Kier molecular flexibility index (Phi) is 4.42. The van der Waals surface area contributed by atoms with Crippen molar-refractivity contribution in [2.45, 2.75) is 13.3 Å². The van der Waals surface area contributed by atoms with Crippen LogP contribution in [0.25, 0.3) is 0 Å². The molecule has 0 bridgehead atoms. The maximum Gasteiger partial charge on any atom is 0.262 e. The number of amides is 3. The molecule has 0 saturated carbocycles. The molecule has 1 aliphatic heterocycles. The van der Waals surface area contributed by atoms with E-state index in [-0.39, 0.29) is 12.5 Å². The van der Waals surface area contributed by atoms with Crippen molar-refractivity contribution in [2.24, 2.45) is 0 Å². The number of benzene rings is 2. The summed E-state index contributed by atoms with van der Waals surface area (Å²) < 4.78 is 0. The molecule has 1 aliphatic rings. The number of carbonyl (C=O) groups excluding carboxylic acids is 3. The first-order valence-electron chi connectivity index (χ1n) is 7.84. The molecule has 0 radical (unpaired) electrons. The summed E-state index contributed by atoms with van der Waals surface area (Å²) in [6.07, 6.45) is 0.709. The van der Waals surface area contributed by atoms with Crippen molar-refractivity contribution in [3.63, 3.8) is 0 Å². The van der Waals surface area contributed by atoms with E-state index < -0.39 is 11.8 Å². The summed E-state index contributed by atoms with van der Waals surface area (Å²) in [5, 5.41) is 2.77. The SMILES string of the molecule is Cc1ccccc1CCNC(=O)CN1C(=O)c2ccccc2C1=O. The normalized spacial score (nSPS) is 13.1. The Bertz CT molecular complexity index is 779. The van der Waals surface area contributed by atoms with Gasteiger partial charge < -0.3 is 5.32 Å². The molecule has 1 heterocycles. The van der Waals surface area contributed by atoms with Crippen LogP contribution in [0.3, 0.4) is 0 Å². The minimum atomic E-state index is -0.412. The molecule has 0 aliphatic carbocycles. The number of rotatable bonds is 5. The van der Waals surface area contributed by atoms with Crippen molar-refractivity contribution in [1.29, 1.82) is 0 Å². The van der Waals surface area contributed by atoms with Gasteiger partial charge in [0.25, 0.3) is 11.8 Å². The summed E-state index contributed by atoms with van der Waals surface area (Å²) in [5.41, 5.74) is 3.05. The molecule has 2 aromatic carbocycles. The van der Waals surface area contributed by atoms with E-state index in [2.05, 4.69) is 5.32 Å². The van der Waals surface area contributed by atoms with Crippen LogP contribution in [0.2, 0.25) is 0 Å². The van der Waals surface area contributed by atoms with Gasteiger partial charge in [-0.3, -0.25) is 19.3 Å². The summed E-state index contributed by atoms with van der Waals surface area (Å²) >= 11 is 0. The lowest BCUT2D eigenvalue weighted by Gasteiger charge is -2.14. The number of hydrogen-bond donors (Lipinski definition) is 1. The summed E-state index contributed by atoms with van der Waals surface area (Å²) in [7, 11) is 0. The lowest BCUT2D eigenvalue weighted by Crippen LogP contribution is -2.40. The van der Waals surface area contributed by atoms with Gasteiger partial charge in [-0.15, -0.1) is 0 Å². The predicted octanol–water partition coefficient (Wildman–Crippen LogP) is 1.95. The Balaban J connectivity index is 1.56. The summed E-state index contributed by atoms with van der Waals surface area (Å²) in [6, 6.07) is 14.6. The van der Waals surface area contributed by atoms with Crippen LogP contribution in [0.1, 0.15) is 31.8 Å². The van der Waals surface area contributed by atoms with Crippen molar-refractivity contribution in [3.8, 4) is 0 Å². The van der Waals surface area contributed by atoms with Gasteiger partial charge in [-0.2, -0.15) is 0 Å². The summed E-state index contributed by atoms with van der Waals surface area (Å²) in [6.45, 7) is 2.24. The molecule has 3 rings (SSSR count). The van der Waals surface area contributed by atoms with E-state index in [1.165, 1.54) is 11.1 Å². The third-order valence-electron chi connectivity index (χ3n) is 4.16. The zero-order valence-corrected chi connectivity index (χ0v) is 13.4. The smallest absolute Gasteiger partial charge is 0.262 e. The molecule has 0 atom stereocenters. The van der Waals surface area contributed by atoms with Crippen LogP contribution in [0.5, 0.6) is 0 Å². The molecule has 2 aromatic rings. The first-order chi connectivity index (χ1) is 11.6. The molecular formula is C19H18N2O3. The zero-order valence-electron chi connectivity index (χ0n) is 13.4. The Labute approximate surface area is 140 Å². The molecule has 0 spiro atoms. The highest BCUT2D eigenvalue weighted by atomic mass is 16.2. The van der Waals surface area contributed by atoms with Crippen LogP contribution >= 0.6 is 0 Å². The molecule has 0 unspecified atom stereocenters. The second-order valence-electron chi connectivity index (χ2n) is 5.77. The fourth-order valence-electron chi connectivity index (χ4n) is 2.81. The van der Waals surface area contributed by atoms with Crippen molar-refractivity contribution >= 4 is 17.7 Å². The van der Waals surface area contributed by atoms with Crippen LogP contribution in [-0.4, -0.2) is 35.7 Å². The molecule has 122 valence electrons. The van der Waals surface area contributed by atoms with Gasteiger partial charge in [-0.1, -0.05) is 36.4 Å². The van der Waals surface area contributed by atoms with Gasteiger partial charge in [0, 0.05) is 6.54 Å². The number of imide groups is 1. The highest BCUT2D eigenvalue weighted by Gasteiger charge is 2.36. The van der Waals surface area contributed by atoms with E-state index in [4.69, 9.17) is 0 Å².